The number of methoxy groups -OCH3 is 1. The smallest absolute Gasteiger partial charge is 0.316 e. The highest BCUT2D eigenvalue weighted by Crippen LogP contribution is 2.28. The molecule has 24 heavy (non-hydrogen) atoms. The van der Waals surface area contributed by atoms with Crippen molar-refractivity contribution < 1.29 is 13.9 Å². The third-order valence-electron chi connectivity index (χ3n) is 3.22. The molecule has 0 spiro atoms. The molecule has 124 valence electrons. The SMILES string of the molecule is COc1cc(/C=N\Nc2nc3ccccc3o2)ccc1OC(C)C. The van der Waals surface area contributed by atoms with Crippen LogP contribution >= 0.6 is 0 Å². The van der Waals surface area contributed by atoms with Crippen molar-refractivity contribution >= 4 is 23.3 Å². The van der Waals surface area contributed by atoms with Gasteiger partial charge in [0.1, 0.15) is 5.52 Å². The maximum atomic E-state index is 5.69. The van der Waals surface area contributed by atoms with E-state index in [1.165, 1.54) is 0 Å². The fraction of sp³-hybridized carbons (Fsp3) is 0.222. The molecule has 1 N–H and O–H groups in total. The van der Waals surface area contributed by atoms with Crippen molar-refractivity contribution in [1.82, 2.24) is 4.98 Å². The number of fused-ring (bicyclic) bond motifs is 1. The summed E-state index contributed by atoms with van der Waals surface area (Å²) in [6.07, 6.45) is 1.75. The Hall–Kier alpha value is -3.02. The molecule has 0 amide bonds. The van der Waals surface area contributed by atoms with E-state index < -0.39 is 0 Å². The van der Waals surface area contributed by atoms with E-state index in [2.05, 4.69) is 15.5 Å². The Morgan fingerprint density at radius 3 is 2.75 bits per heavy atom. The van der Waals surface area contributed by atoms with Crippen LogP contribution in [-0.4, -0.2) is 24.4 Å². The average molecular weight is 325 g/mol. The molecule has 0 saturated carbocycles. The number of para-hydroxylation sites is 2. The number of oxazole rings is 1. The number of benzene rings is 2. The summed E-state index contributed by atoms with van der Waals surface area (Å²) in [5.41, 5.74) is 5.15. The summed E-state index contributed by atoms with van der Waals surface area (Å²) in [4.78, 5) is 4.29. The molecule has 6 nitrogen and oxygen atoms in total. The Balaban J connectivity index is 1.71. The molecule has 0 aliphatic carbocycles. The van der Waals surface area contributed by atoms with Gasteiger partial charge in [-0.05, 0) is 49.7 Å². The summed E-state index contributed by atoms with van der Waals surface area (Å²) in [6, 6.07) is 13.5. The van der Waals surface area contributed by atoms with Crippen molar-refractivity contribution in [3.63, 3.8) is 0 Å². The van der Waals surface area contributed by atoms with Crippen LogP contribution in [-0.2, 0) is 0 Å². The highest BCUT2D eigenvalue weighted by Gasteiger charge is 2.07. The molecular weight excluding hydrogens is 306 g/mol. The van der Waals surface area contributed by atoms with Gasteiger partial charge in [0.25, 0.3) is 0 Å². The lowest BCUT2D eigenvalue weighted by molar-refractivity contribution is 0.230. The second-order valence-corrected chi connectivity index (χ2v) is 5.43. The van der Waals surface area contributed by atoms with E-state index in [1.54, 1.807) is 13.3 Å². The number of hydrogen-bond acceptors (Lipinski definition) is 6. The normalized spacial score (nSPS) is 11.3. The minimum atomic E-state index is 0.0826. The first-order chi connectivity index (χ1) is 11.7. The molecular formula is C18H19N3O3. The number of hydrogen-bond donors (Lipinski definition) is 1. The Kier molecular flexibility index (Phi) is 4.65. The van der Waals surface area contributed by atoms with Crippen LogP contribution in [0.3, 0.4) is 0 Å². The van der Waals surface area contributed by atoms with Crippen molar-refractivity contribution in [2.24, 2.45) is 5.10 Å². The van der Waals surface area contributed by atoms with E-state index in [1.807, 2.05) is 56.3 Å². The van der Waals surface area contributed by atoms with Crippen LogP contribution in [0.4, 0.5) is 6.01 Å². The zero-order valence-corrected chi connectivity index (χ0v) is 13.8. The van der Waals surface area contributed by atoms with Gasteiger partial charge in [0, 0.05) is 0 Å². The second-order valence-electron chi connectivity index (χ2n) is 5.43. The van der Waals surface area contributed by atoms with Crippen molar-refractivity contribution in [3.8, 4) is 11.5 Å². The lowest BCUT2D eigenvalue weighted by Gasteiger charge is -2.13. The van der Waals surface area contributed by atoms with Gasteiger partial charge in [0.2, 0.25) is 0 Å². The van der Waals surface area contributed by atoms with Crippen LogP contribution < -0.4 is 14.9 Å². The van der Waals surface area contributed by atoms with Gasteiger partial charge in [-0.1, -0.05) is 12.1 Å². The zero-order chi connectivity index (χ0) is 16.9. The average Bonchev–Trinajstić information content (AvgIpc) is 2.98. The minimum Gasteiger partial charge on any atom is -0.493 e. The van der Waals surface area contributed by atoms with E-state index >= 15 is 0 Å². The standard InChI is InChI=1S/C18H19N3O3/c1-12(2)23-16-9-8-13(10-17(16)22-3)11-19-21-18-20-14-6-4-5-7-15(14)24-18/h4-12H,1-3H3,(H,20,21)/b19-11-. The fourth-order valence-corrected chi connectivity index (χ4v) is 2.20. The maximum absolute atomic E-state index is 5.69. The predicted molar refractivity (Wildman–Crippen MR) is 94.0 cm³/mol. The van der Waals surface area contributed by atoms with Crippen molar-refractivity contribution in [2.75, 3.05) is 12.5 Å². The molecule has 0 fully saturated rings. The van der Waals surface area contributed by atoms with Crippen molar-refractivity contribution in [3.05, 3.63) is 48.0 Å². The van der Waals surface area contributed by atoms with Crippen LogP contribution in [0, 0.1) is 0 Å². The molecule has 6 heteroatoms. The number of rotatable bonds is 6. The van der Waals surface area contributed by atoms with Crippen molar-refractivity contribution in [2.45, 2.75) is 20.0 Å². The van der Waals surface area contributed by atoms with Gasteiger partial charge < -0.3 is 13.9 Å². The number of aromatic nitrogens is 1. The molecule has 0 radical (unpaired) electrons. The number of nitrogens with zero attached hydrogens (tertiary/aromatic N) is 2. The maximum Gasteiger partial charge on any atom is 0.316 e. The highest BCUT2D eigenvalue weighted by atomic mass is 16.5. The van der Waals surface area contributed by atoms with E-state index in [0.29, 0.717) is 23.1 Å². The summed E-state index contributed by atoms with van der Waals surface area (Å²) >= 11 is 0. The Bertz CT molecular complexity index is 823. The second kappa shape index (κ2) is 7.04. The Morgan fingerprint density at radius 1 is 1.17 bits per heavy atom. The summed E-state index contributed by atoms with van der Waals surface area (Å²) in [5.74, 6) is 1.37. The molecule has 1 aromatic heterocycles. The van der Waals surface area contributed by atoms with Crippen LogP contribution in [0.5, 0.6) is 11.5 Å². The van der Waals surface area contributed by atoms with Gasteiger partial charge in [-0.15, -0.1) is 0 Å². The lowest BCUT2D eigenvalue weighted by atomic mass is 10.2. The quantitative estimate of drug-likeness (QED) is 0.546. The van der Waals surface area contributed by atoms with Gasteiger partial charge in [0.15, 0.2) is 17.1 Å². The molecule has 0 unspecified atom stereocenters. The Labute approximate surface area is 140 Å². The molecule has 1 heterocycles. The van der Waals surface area contributed by atoms with Crippen LogP contribution in [0.2, 0.25) is 0 Å². The number of anilines is 1. The van der Waals surface area contributed by atoms with Gasteiger partial charge in [-0.3, -0.25) is 0 Å². The number of nitrogens with one attached hydrogen (secondary N) is 1. The topological polar surface area (TPSA) is 68.9 Å². The number of ether oxygens (including phenoxy) is 2. The highest BCUT2D eigenvalue weighted by molar-refractivity contribution is 5.81. The van der Waals surface area contributed by atoms with Gasteiger partial charge in [-0.25, -0.2) is 5.43 Å². The van der Waals surface area contributed by atoms with E-state index in [9.17, 15) is 0 Å². The van der Waals surface area contributed by atoms with E-state index in [0.717, 1.165) is 11.1 Å². The number of hydrazone groups is 1. The summed E-state index contributed by atoms with van der Waals surface area (Å²) in [6.45, 7) is 3.94. The van der Waals surface area contributed by atoms with E-state index in [-0.39, 0.29) is 6.10 Å². The molecule has 3 rings (SSSR count). The third-order valence-corrected chi connectivity index (χ3v) is 3.22. The molecule has 3 aromatic rings. The lowest BCUT2D eigenvalue weighted by Crippen LogP contribution is -2.06. The first-order valence-corrected chi connectivity index (χ1v) is 7.65. The molecule has 0 aliphatic heterocycles. The predicted octanol–water partition coefficient (Wildman–Crippen LogP) is 4.07. The van der Waals surface area contributed by atoms with Crippen LogP contribution in [0.15, 0.2) is 52.0 Å². The van der Waals surface area contributed by atoms with Gasteiger partial charge in [-0.2, -0.15) is 10.1 Å². The third kappa shape index (κ3) is 3.65. The first kappa shape index (κ1) is 15.9. The first-order valence-electron chi connectivity index (χ1n) is 7.65. The molecule has 0 atom stereocenters. The molecule has 0 aliphatic rings. The fourth-order valence-electron chi connectivity index (χ4n) is 2.20. The molecule has 2 aromatic carbocycles. The Morgan fingerprint density at radius 2 is 2.00 bits per heavy atom. The van der Waals surface area contributed by atoms with Crippen LogP contribution in [0.1, 0.15) is 19.4 Å². The van der Waals surface area contributed by atoms with Gasteiger partial charge in [0.05, 0.1) is 19.4 Å². The molecule has 0 saturated heterocycles. The monoisotopic (exact) mass is 325 g/mol. The van der Waals surface area contributed by atoms with E-state index in [4.69, 9.17) is 13.9 Å². The zero-order valence-electron chi connectivity index (χ0n) is 13.8. The van der Waals surface area contributed by atoms with Gasteiger partial charge >= 0.3 is 6.01 Å². The van der Waals surface area contributed by atoms with Crippen molar-refractivity contribution in [1.29, 1.82) is 0 Å². The summed E-state index contributed by atoms with van der Waals surface area (Å²) < 4.78 is 16.6. The largest absolute Gasteiger partial charge is 0.493 e. The summed E-state index contributed by atoms with van der Waals surface area (Å²) in [7, 11) is 1.61. The molecule has 0 bridgehead atoms. The minimum absolute atomic E-state index is 0.0826. The van der Waals surface area contributed by atoms with Crippen LogP contribution in [0.25, 0.3) is 11.1 Å². The summed E-state index contributed by atoms with van der Waals surface area (Å²) in [5, 5.41) is 4.15.